The third-order valence-electron chi connectivity index (χ3n) is 0.479. The molecule has 3 nitrogen and oxygen atoms in total. The Morgan fingerprint density at radius 3 is 1.88 bits per heavy atom. The maximum absolute atomic E-state index is 10.2. The zero-order valence-electron chi connectivity index (χ0n) is 4.96. The van der Waals surface area contributed by atoms with Crippen molar-refractivity contribution in [3.8, 4) is 0 Å². The molecule has 8 heavy (non-hydrogen) atoms. The van der Waals surface area contributed by atoms with Gasteiger partial charge in [0.15, 0.2) is 0 Å². The normalized spacial score (nSPS) is 11.2. The average Bonchev–Trinajstić information content (AvgIpc) is 1.68. The topological polar surface area (TPSA) is 41.8 Å². The molecule has 44 valence electrons. The Morgan fingerprint density at radius 1 is 1.25 bits per heavy atom. The first-order valence-electron chi connectivity index (χ1n) is 2.32. The van der Waals surface area contributed by atoms with Gasteiger partial charge in [0.25, 0.3) is 0 Å². The molecule has 0 aliphatic carbocycles. The van der Waals surface area contributed by atoms with E-state index in [1.54, 1.807) is 13.8 Å². The first-order chi connectivity index (χ1) is 3.81. The smallest absolute Gasteiger partial charge is 0.244 e. The number of nitrogens with zero attached hydrogens (tertiary/aromatic N) is 2. The number of amides is 2. The predicted molar refractivity (Wildman–Crippen MR) is 33.7 cm³/mol. The van der Waals surface area contributed by atoms with Gasteiger partial charge in [-0.1, -0.05) is 0 Å². The minimum absolute atomic E-state index is 0.449. The summed E-state index contributed by atoms with van der Waals surface area (Å²) in [5.41, 5.74) is 0. The van der Waals surface area contributed by atoms with E-state index in [0.29, 0.717) is 0 Å². The molecule has 0 aromatic heterocycles. The molecule has 0 spiro atoms. The maximum Gasteiger partial charge on any atom is 0.366 e. The number of carbonyl (C=O) groups excluding carboxylic acids is 1. The summed E-state index contributed by atoms with van der Waals surface area (Å²) in [5.74, 6) is 0. The lowest BCUT2D eigenvalue weighted by atomic mass is 10.8. The summed E-state index contributed by atoms with van der Waals surface area (Å²) >= 11 is 0. The van der Waals surface area contributed by atoms with Crippen LogP contribution < -0.4 is 0 Å². The summed E-state index contributed by atoms with van der Waals surface area (Å²) in [7, 11) is 0. The van der Waals surface area contributed by atoms with Crippen molar-refractivity contribution >= 4 is 18.5 Å². The second-order valence-corrected chi connectivity index (χ2v) is 1.06. The fourth-order valence-electron chi connectivity index (χ4n) is 0.254. The van der Waals surface area contributed by atoms with Crippen LogP contribution >= 0.6 is 0 Å². The third-order valence-corrected chi connectivity index (χ3v) is 0.479. The van der Waals surface area contributed by atoms with Crippen molar-refractivity contribution in [2.75, 3.05) is 0 Å². The van der Waals surface area contributed by atoms with Crippen LogP contribution in [0.1, 0.15) is 13.8 Å². The van der Waals surface area contributed by atoms with Crippen LogP contribution in [0.4, 0.5) is 4.79 Å². The first kappa shape index (κ1) is 7.01. The van der Waals surface area contributed by atoms with Gasteiger partial charge < -0.3 is 0 Å². The SMILES string of the molecule is CC=NC(=O)N=CC. The summed E-state index contributed by atoms with van der Waals surface area (Å²) in [6, 6.07) is -0.449. The van der Waals surface area contributed by atoms with Crippen LogP contribution in [-0.2, 0) is 0 Å². The van der Waals surface area contributed by atoms with E-state index in [1.165, 1.54) is 12.4 Å². The largest absolute Gasteiger partial charge is 0.366 e. The molecule has 0 saturated heterocycles. The summed E-state index contributed by atoms with van der Waals surface area (Å²) in [4.78, 5) is 17.0. The molecule has 0 N–H and O–H groups in total. The van der Waals surface area contributed by atoms with Gasteiger partial charge in [-0.25, -0.2) is 14.8 Å². The van der Waals surface area contributed by atoms with Gasteiger partial charge in [0.05, 0.1) is 0 Å². The molecule has 3 heteroatoms. The number of rotatable bonds is 0. The summed E-state index contributed by atoms with van der Waals surface area (Å²) in [6.45, 7) is 3.34. The quantitative estimate of drug-likeness (QED) is 0.435. The molecule has 0 rings (SSSR count). The van der Waals surface area contributed by atoms with Crippen molar-refractivity contribution in [2.24, 2.45) is 9.98 Å². The molecule has 0 bridgehead atoms. The molecule has 0 unspecified atom stereocenters. The van der Waals surface area contributed by atoms with Crippen LogP contribution in [0.2, 0.25) is 0 Å². The molecular weight excluding hydrogens is 104 g/mol. The van der Waals surface area contributed by atoms with Crippen LogP contribution in [0, 0.1) is 0 Å². The van der Waals surface area contributed by atoms with Gasteiger partial charge in [-0.2, -0.15) is 0 Å². The Labute approximate surface area is 48.2 Å². The molecule has 0 aliphatic heterocycles. The summed E-state index contributed by atoms with van der Waals surface area (Å²) in [6.07, 6.45) is 2.82. The summed E-state index contributed by atoms with van der Waals surface area (Å²) in [5, 5.41) is 0. The van der Waals surface area contributed by atoms with Crippen LogP contribution in [0.5, 0.6) is 0 Å². The predicted octanol–water partition coefficient (Wildman–Crippen LogP) is 1.29. The zero-order chi connectivity index (χ0) is 6.41. The van der Waals surface area contributed by atoms with Gasteiger partial charge in [0.1, 0.15) is 0 Å². The van der Waals surface area contributed by atoms with Gasteiger partial charge in [-0.3, -0.25) is 0 Å². The highest BCUT2D eigenvalue weighted by Crippen LogP contribution is 1.76. The highest BCUT2D eigenvalue weighted by atomic mass is 16.2. The Hall–Kier alpha value is -0.990. The number of hydrogen-bond donors (Lipinski definition) is 0. The Balaban J connectivity index is 3.66. The molecule has 0 atom stereocenters. The van der Waals surface area contributed by atoms with E-state index in [0.717, 1.165) is 0 Å². The molecule has 0 aromatic carbocycles. The van der Waals surface area contributed by atoms with Crippen LogP contribution in [-0.4, -0.2) is 18.5 Å². The maximum atomic E-state index is 10.2. The molecule has 0 saturated carbocycles. The van der Waals surface area contributed by atoms with Crippen molar-refractivity contribution in [3.05, 3.63) is 0 Å². The second-order valence-electron chi connectivity index (χ2n) is 1.06. The van der Waals surface area contributed by atoms with Crippen LogP contribution in [0.3, 0.4) is 0 Å². The number of aliphatic imine (C=N–C) groups is 2. The standard InChI is InChI=1S/C5H8N2O/c1-3-6-5(8)7-4-2/h3-4H,1-2H3. The van der Waals surface area contributed by atoms with E-state index >= 15 is 0 Å². The van der Waals surface area contributed by atoms with Crippen LogP contribution in [0.25, 0.3) is 0 Å². The van der Waals surface area contributed by atoms with Crippen molar-refractivity contribution in [1.82, 2.24) is 0 Å². The second kappa shape index (κ2) is 4.18. The molecule has 0 heterocycles. The monoisotopic (exact) mass is 112 g/mol. The molecular formula is C5H8N2O. The Kier molecular flexibility index (Phi) is 3.66. The lowest BCUT2D eigenvalue weighted by Gasteiger charge is -1.75. The fraction of sp³-hybridized carbons (Fsp3) is 0.400. The Morgan fingerprint density at radius 2 is 1.62 bits per heavy atom. The number of carbonyl (C=O) groups is 1. The molecule has 0 fully saturated rings. The van der Waals surface area contributed by atoms with Crippen molar-refractivity contribution in [3.63, 3.8) is 0 Å². The number of hydrogen-bond acceptors (Lipinski definition) is 1. The van der Waals surface area contributed by atoms with Crippen molar-refractivity contribution < 1.29 is 4.79 Å². The highest BCUT2D eigenvalue weighted by Gasteiger charge is 1.83. The minimum atomic E-state index is -0.449. The van der Waals surface area contributed by atoms with Crippen LogP contribution in [0.15, 0.2) is 9.98 Å². The zero-order valence-corrected chi connectivity index (χ0v) is 4.96. The molecule has 0 aromatic rings. The Bertz CT molecular complexity index is 112. The first-order valence-corrected chi connectivity index (χ1v) is 2.32. The molecule has 2 amide bonds. The van der Waals surface area contributed by atoms with Gasteiger partial charge >= 0.3 is 6.03 Å². The molecule has 0 radical (unpaired) electrons. The van der Waals surface area contributed by atoms with Gasteiger partial charge in [0.2, 0.25) is 0 Å². The van der Waals surface area contributed by atoms with E-state index < -0.39 is 6.03 Å². The third kappa shape index (κ3) is 3.21. The fourth-order valence-corrected chi connectivity index (χ4v) is 0.254. The van der Waals surface area contributed by atoms with E-state index in [-0.39, 0.29) is 0 Å². The van der Waals surface area contributed by atoms with Crippen molar-refractivity contribution in [1.29, 1.82) is 0 Å². The van der Waals surface area contributed by atoms with Gasteiger partial charge in [-0.05, 0) is 13.8 Å². The van der Waals surface area contributed by atoms with E-state index in [2.05, 4.69) is 9.98 Å². The summed E-state index contributed by atoms with van der Waals surface area (Å²) < 4.78 is 0. The minimum Gasteiger partial charge on any atom is -0.244 e. The van der Waals surface area contributed by atoms with Gasteiger partial charge in [-0.15, -0.1) is 0 Å². The average molecular weight is 112 g/mol. The lowest BCUT2D eigenvalue weighted by molar-refractivity contribution is 0.257. The molecule has 0 aliphatic rings. The van der Waals surface area contributed by atoms with E-state index in [9.17, 15) is 4.79 Å². The lowest BCUT2D eigenvalue weighted by Crippen LogP contribution is -1.82. The number of urea groups is 1. The van der Waals surface area contributed by atoms with Crippen molar-refractivity contribution in [2.45, 2.75) is 13.8 Å². The van der Waals surface area contributed by atoms with E-state index in [1.807, 2.05) is 0 Å². The van der Waals surface area contributed by atoms with E-state index in [4.69, 9.17) is 0 Å². The highest BCUT2D eigenvalue weighted by molar-refractivity contribution is 5.88. The van der Waals surface area contributed by atoms with Gasteiger partial charge in [0, 0.05) is 12.4 Å².